The molecule has 0 saturated carbocycles. The number of hydrogen-bond donors (Lipinski definition) is 0. The van der Waals surface area contributed by atoms with Crippen LogP contribution in [0.2, 0.25) is 0 Å². The Balaban J connectivity index is 1.53. The standard InChI is InChI=1S/C21H23N9O2S/c1-15(2)33(31,32)28-13-21(14-28,4-5-22)30-12-17(10-25-30)20-26-18(16-9-24-27(3)11-16)8-19-23-6-7-29(19)20/h6-12,15H,4,13-14H2,1-3H3. The maximum atomic E-state index is 12.5. The van der Waals surface area contributed by atoms with E-state index in [2.05, 4.69) is 21.3 Å². The minimum atomic E-state index is -3.39. The van der Waals surface area contributed by atoms with Gasteiger partial charge >= 0.3 is 0 Å². The second-order valence-electron chi connectivity index (χ2n) is 8.62. The number of aromatic nitrogens is 7. The zero-order chi connectivity index (χ0) is 23.4. The van der Waals surface area contributed by atoms with Gasteiger partial charge in [0.25, 0.3) is 0 Å². The van der Waals surface area contributed by atoms with Crippen LogP contribution in [0.3, 0.4) is 0 Å². The summed E-state index contributed by atoms with van der Waals surface area (Å²) in [5.74, 6) is 0.646. The van der Waals surface area contributed by atoms with Crippen molar-refractivity contribution in [2.24, 2.45) is 7.05 Å². The lowest BCUT2D eigenvalue weighted by molar-refractivity contribution is 0.0711. The zero-order valence-corrected chi connectivity index (χ0v) is 19.3. The van der Waals surface area contributed by atoms with Crippen LogP contribution in [0, 0.1) is 11.3 Å². The molecular formula is C21H23N9O2S. The Morgan fingerprint density at radius 2 is 1.94 bits per heavy atom. The molecule has 33 heavy (non-hydrogen) atoms. The Morgan fingerprint density at radius 3 is 2.61 bits per heavy atom. The zero-order valence-electron chi connectivity index (χ0n) is 18.5. The van der Waals surface area contributed by atoms with Crippen molar-refractivity contribution in [2.45, 2.75) is 31.1 Å². The van der Waals surface area contributed by atoms with E-state index < -0.39 is 20.8 Å². The maximum Gasteiger partial charge on any atom is 0.216 e. The molecule has 0 bridgehead atoms. The molecule has 11 nitrogen and oxygen atoms in total. The average Bonchev–Trinajstić information content (AvgIpc) is 3.49. The van der Waals surface area contributed by atoms with Crippen LogP contribution in [-0.2, 0) is 22.6 Å². The lowest BCUT2D eigenvalue weighted by atomic mass is 9.89. The topological polar surface area (TPSA) is 127 Å². The molecule has 12 heteroatoms. The molecule has 5 rings (SSSR count). The Morgan fingerprint density at radius 1 is 1.18 bits per heavy atom. The van der Waals surface area contributed by atoms with Crippen molar-refractivity contribution in [3.05, 3.63) is 43.2 Å². The van der Waals surface area contributed by atoms with Crippen LogP contribution < -0.4 is 0 Å². The summed E-state index contributed by atoms with van der Waals surface area (Å²) in [5.41, 5.74) is 2.37. The van der Waals surface area contributed by atoms with Crippen molar-refractivity contribution >= 4 is 15.7 Å². The van der Waals surface area contributed by atoms with Gasteiger partial charge in [-0.15, -0.1) is 0 Å². The Kier molecular flexibility index (Phi) is 4.84. The number of nitrogens with zero attached hydrogens (tertiary/aromatic N) is 9. The highest BCUT2D eigenvalue weighted by Gasteiger charge is 2.50. The van der Waals surface area contributed by atoms with Crippen molar-refractivity contribution in [1.82, 2.24) is 38.2 Å². The van der Waals surface area contributed by atoms with Crippen molar-refractivity contribution in [2.75, 3.05) is 13.1 Å². The average molecular weight is 466 g/mol. The summed E-state index contributed by atoms with van der Waals surface area (Å²) in [7, 11) is -1.54. The van der Waals surface area contributed by atoms with E-state index in [1.807, 2.05) is 36.1 Å². The van der Waals surface area contributed by atoms with Crippen LogP contribution in [0.1, 0.15) is 20.3 Å². The molecule has 0 atom stereocenters. The molecular weight excluding hydrogens is 442 g/mol. The molecule has 1 saturated heterocycles. The van der Waals surface area contributed by atoms with Gasteiger partial charge in [0.15, 0.2) is 0 Å². The molecule has 5 heterocycles. The molecule has 0 amide bonds. The molecule has 0 N–H and O–H groups in total. The maximum absolute atomic E-state index is 12.5. The van der Waals surface area contributed by atoms with Crippen molar-refractivity contribution in [3.8, 4) is 28.7 Å². The summed E-state index contributed by atoms with van der Waals surface area (Å²) in [6, 6.07) is 4.09. The Labute approximate surface area is 191 Å². The number of nitriles is 1. The van der Waals surface area contributed by atoms with E-state index in [1.54, 1.807) is 41.8 Å². The van der Waals surface area contributed by atoms with E-state index >= 15 is 0 Å². The predicted molar refractivity (Wildman–Crippen MR) is 120 cm³/mol. The number of hydrogen-bond acceptors (Lipinski definition) is 7. The summed E-state index contributed by atoms with van der Waals surface area (Å²) in [6.45, 7) is 3.74. The highest BCUT2D eigenvalue weighted by molar-refractivity contribution is 7.89. The summed E-state index contributed by atoms with van der Waals surface area (Å²) in [5, 5.41) is 17.7. The van der Waals surface area contributed by atoms with Gasteiger partial charge in [0, 0.05) is 56.6 Å². The van der Waals surface area contributed by atoms with Gasteiger partial charge in [0.2, 0.25) is 10.0 Å². The summed E-state index contributed by atoms with van der Waals surface area (Å²) in [4.78, 5) is 9.25. The largest absolute Gasteiger partial charge is 0.284 e. The van der Waals surface area contributed by atoms with Gasteiger partial charge < -0.3 is 0 Å². The second-order valence-corrected chi connectivity index (χ2v) is 11.1. The first-order chi connectivity index (χ1) is 15.7. The monoisotopic (exact) mass is 465 g/mol. The SMILES string of the molecule is CC(C)S(=O)(=O)N1CC(CC#N)(n2cc(-c3nc(-c4cnn(C)c4)cc4nccn34)cn2)C1. The van der Waals surface area contributed by atoms with E-state index in [1.165, 1.54) is 4.31 Å². The van der Waals surface area contributed by atoms with Gasteiger partial charge in [-0.3, -0.25) is 13.8 Å². The number of rotatable bonds is 6. The van der Waals surface area contributed by atoms with E-state index in [-0.39, 0.29) is 19.5 Å². The number of aryl methyl sites for hydroxylation is 1. The fourth-order valence-electron chi connectivity index (χ4n) is 4.10. The molecule has 1 aliphatic rings. The van der Waals surface area contributed by atoms with Gasteiger partial charge in [0.1, 0.15) is 17.0 Å². The van der Waals surface area contributed by atoms with E-state index in [0.29, 0.717) is 5.82 Å². The molecule has 0 aliphatic carbocycles. The molecule has 0 unspecified atom stereocenters. The summed E-state index contributed by atoms with van der Waals surface area (Å²) >= 11 is 0. The number of sulfonamides is 1. The van der Waals surface area contributed by atoms with Crippen LogP contribution >= 0.6 is 0 Å². The van der Waals surface area contributed by atoms with Crippen LogP contribution in [-0.4, -0.2) is 65.0 Å². The van der Waals surface area contributed by atoms with E-state index in [0.717, 1.165) is 22.5 Å². The lowest BCUT2D eigenvalue weighted by Crippen LogP contribution is -2.65. The molecule has 4 aromatic rings. The molecule has 0 radical (unpaired) electrons. The quantitative estimate of drug-likeness (QED) is 0.424. The minimum Gasteiger partial charge on any atom is -0.284 e. The first-order valence-corrected chi connectivity index (χ1v) is 12.0. The Bertz CT molecular complexity index is 1480. The predicted octanol–water partition coefficient (Wildman–Crippen LogP) is 1.66. The van der Waals surface area contributed by atoms with Gasteiger partial charge in [0.05, 0.1) is 41.4 Å². The van der Waals surface area contributed by atoms with Crippen LogP contribution in [0.4, 0.5) is 0 Å². The third kappa shape index (κ3) is 3.40. The van der Waals surface area contributed by atoms with Gasteiger partial charge in [-0.05, 0) is 13.8 Å². The third-order valence-corrected chi connectivity index (χ3v) is 8.19. The second kappa shape index (κ2) is 7.50. The lowest BCUT2D eigenvalue weighted by Gasteiger charge is -2.48. The van der Waals surface area contributed by atoms with Gasteiger partial charge in [-0.2, -0.15) is 19.8 Å². The minimum absolute atomic E-state index is 0.155. The fourth-order valence-corrected chi connectivity index (χ4v) is 5.54. The molecule has 0 spiro atoms. The van der Waals surface area contributed by atoms with Crippen LogP contribution in [0.25, 0.3) is 28.3 Å². The Hall–Kier alpha value is -3.56. The molecule has 4 aromatic heterocycles. The van der Waals surface area contributed by atoms with Gasteiger partial charge in [-0.1, -0.05) is 0 Å². The number of imidazole rings is 1. The van der Waals surface area contributed by atoms with Crippen molar-refractivity contribution in [1.29, 1.82) is 5.26 Å². The summed E-state index contributed by atoms with van der Waals surface area (Å²) < 4.78 is 31.8. The van der Waals surface area contributed by atoms with Crippen LogP contribution in [0.5, 0.6) is 0 Å². The molecule has 1 aliphatic heterocycles. The smallest absolute Gasteiger partial charge is 0.216 e. The van der Waals surface area contributed by atoms with Gasteiger partial charge in [-0.25, -0.2) is 18.4 Å². The highest BCUT2D eigenvalue weighted by atomic mass is 32.2. The fraction of sp³-hybridized carbons (Fsp3) is 0.381. The van der Waals surface area contributed by atoms with Crippen LogP contribution in [0.15, 0.2) is 43.2 Å². The van der Waals surface area contributed by atoms with E-state index in [4.69, 9.17) is 4.98 Å². The normalized spacial score (nSPS) is 16.2. The third-order valence-electron chi connectivity index (χ3n) is 6.02. The molecule has 170 valence electrons. The first-order valence-electron chi connectivity index (χ1n) is 10.5. The number of fused-ring (bicyclic) bond motifs is 1. The van der Waals surface area contributed by atoms with E-state index in [9.17, 15) is 13.7 Å². The van der Waals surface area contributed by atoms with Crippen molar-refractivity contribution < 1.29 is 8.42 Å². The van der Waals surface area contributed by atoms with Crippen molar-refractivity contribution in [3.63, 3.8) is 0 Å². The summed E-state index contributed by atoms with van der Waals surface area (Å²) in [6.07, 6.45) is 10.8. The first kappa shape index (κ1) is 21.3. The molecule has 1 fully saturated rings. The molecule has 0 aromatic carbocycles. The highest BCUT2D eigenvalue weighted by Crippen LogP contribution is 2.36.